The van der Waals surface area contributed by atoms with E-state index in [1.54, 1.807) is 7.11 Å². The zero-order valence-electron chi connectivity index (χ0n) is 17.0. The molecule has 1 fully saturated rings. The fraction of sp³-hybridized carbons (Fsp3) is 0.773. The number of aliphatic carboxylic acids is 1. The molecule has 1 aliphatic carbocycles. The number of hydrogen-bond acceptors (Lipinski definition) is 4. The van der Waals surface area contributed by atoms with Gasteiger partial charge in [0.25, 0.3) is 5.79 Å². The van der Waals surface area contributed by atoms with Crippen molar-refractivity contribution in [2.24, 2.45) is 17.8 Å². The molecule has 156 valence electrons. The number of hydrogen-bond donors (Lipinski definition) is 3. The molecule has 27 heavy (non-hydrogen) atoms. The molecule has 0 aromatic rings. The molecule has 0 saturated heterocycles. The third kappa shape index (κ3) is 9.04. The van der Waals surface area contributed by atoms with Gasteiger partial charge in [-0.25, -0.2) is 4.79 Å². The summed E-state index contributed by atoms with van der Waals surface area (Å²) < 4.78 is 5.40. The highest BCUT2D eigenvalue weighted by Crippen LogP contribution is 2.40. The van der Waals surface area contributed by atoms with Crippen molar-refractivity contribution >= 4 is 5.97 Å². The largest absolute Gasteiger partial charge is 0.477 e. The lowest BCUT2D eigenvalue weighted by Gasteiger charge is -2.21. The Bertz CT molecular complexity index is 469. The molecule has 1 saturated carbocycles. The standard InChI is InChI=1S/C22H38O5/c1-3-4-5-6-7-10-13-20-18(14-15-19(20)17-27-2)12-9-8-11-16-22(25,26)21(23)24/h8-10,13,18-20,25-26H,3-7,11-12,14-17H2,1-2H3,(H,23,24)/b9-8-,13-10+/t18-,19-,20+/m0/s1. The second kappa shape index (κ2) is 13.1. The Morgan fingerprint density at radius 2 is 1.81 bits per heavy atom. The SMILES string of the molecule is CCCCCC/C=C/[C@@H]1[C@@H](C/C=C\CCC(O)(O)C(=O)O)CC[C@H]1COC. The Hall–Kier alpha value is -1.17. The van der Waals surface area contributed by atoms with Crippen LogP contribution < -0.4 is 0 Å². The molecule has 3 atom stereocenters. The van der Waals surface area contributed by atoms with Crippen molar-refractivity contribution in [3.8, 4) is 0 Å². The third-order valence-corrected chi connectivity index (χ3v) is 5.57. The van der Waals surface area contributed by atoms with Gasteiger partial charge in [-0.1, -0.05) is 50.5 Å². The van der Waals surface area contributed by atoms with Gasteiger partial charge in [0.2, 0.25) is 0 Å². The van der Waals surface area contributed by atoms with Gasteiger partial charge in [-0.05, 0) is 56.3 Å². The lowest BCUT2D eigenvalue weighted by atomic mass is 9.87. The lowest BCUT2D eigenvalue weighted by Crippen LogP contribution is -2.37. The van der Waals surface area contributed by atoms with E-state index in [0.717, 1.165) is 19.4 Å². The van der Waals surface area contributed by atoms with Crippen molar-refractivity contribution in [3.05, 3.63) is 24.3 Å². The topological polar surface area (TPSA) is 87.0 Å². The van der Waals surface area contributed by atoms with Crippen molar-refractivity contribution < 1.29 is 24.9 Å². The quantitative estimate of drug-likeness (QED) is 0.237. The van der Waals surface area contributed by atoms with Gasteiger partial charge in [0.15, 0.2) is 0 Å². The lowest BCUT2D eigenvalue weighted by molar-refractivity contribution is -0.205. The van der Waals surface area contributed by atoms with E-state index < -0.39 is 11.8 Å². The van der Waals surface area contributed by atoms with Crippen LogP contribution in [0.25, 0.3) is 0 Å². The first kappa shape index (κ1) is 23.9. The summed E-state index contributed by atoms with van der Waals surface area (Å²) in [6.07, 6.45) is 18.3. The average Bonchev–Trinajstić information content (AvgIpc) is 2.99. The number of carboxylic acids is 1. The summed E-state index contributed by atoms with van der Waals surface area (Å²) in [5.74, 6) is -2.58. The number of rotatable bonds is 14. The van der Waals surface area contributed by atoms with Crippen LogP contribution in [-0.4, -0.2) is 40.8 Å². The molecule has 0 aromatic heterocycles. The van der Waals surface area contributed by atoms with Crippen LogP contribution in [0.5, 0.6) is 0 Å². The van der Waals surface area contributed by atoms with Crippen molar-refractivity contribution in [2.45, 2.75) is 76.9 Å². The van der Waals surface area contributed by atoms with Gasteiger partial charge in [-0.2, -0.15) is 0 Å². The first-order valence-electron chi connectivity index (χ1n) is 10.4. The molecular weight excluding hydrogens is 344 g/mol. The number of methoxy groups -OCH3 is 1. The first-order valence-corrected chi connectivity index (χ1v) is 10.4. The normalized spacial score (nSPS) is 23.6. The predicted octanol–water partition coefficient (Wildman–Crippen LogP) is 4.29. The minimum atomic E-state index is -2.63. The molecular formula is C22H38O5. The van der Waals surface area contributed by atoms with Gasteiger partial charge in [-0.15, -0.1) is 0 Å². The van der Waals surface area contributed by atoms with E-state index in [0.29, 0.717) is 24.2 Å². The summed E-state index contributed by atoms with van der Waals surface area (Å²) in [6, 6.07) is 0. The monoisotopic (exact) mass is 382 g/mol. The second-order valence-corrected chi connectivity index (χ2v) is 7.78. The van der Waals surface area contributed by atoms with Gasteiger partial charge in [0.05, 0.1) is 0 Å². The van der Waals surface area contributed by atoms with Gasteiger partial charge in [-0.3, -0.25) is 0 Å². The summed E-state index contributed by atoms with van der Waals surface area (Å²) >= 11 is 0. The van der Waals surface area contributed by atoms with E-state index in [9.17, 15) is 15.0 Å². The summed E-state index contributed by atoms with van der Waals surface area (Å²) in [5, 5.41) is 27.3. The number of unbranched alkanes of at least 4 members (excludes halogenated alkanes) is 4. The Balaban J connectivity index is 2.47. The maximum Gasteiger partial charge on any atom is 0.364 e. The van der Waals surface area contributed by atoms with Crippen LogP contribution in [0.3, 0.4) is 0 Å². The van der Waals surface area contributed by atoms with Gasteiger partial charge in [0.1, 0.15) is 0 Å². The van der Waals surface area contributed by atoms with Gasteiger partial charge >= 0.3 is 5.97 Å². The van der Waals surface area contributed by atoms with Crippen molar-refractivity contribution in [3.63, 3.8) is 0 Å². The summed E-state index contributed by atoms with van der Waals surface area (Å²) in [5.41, 5.74) is 0. The molecule has 0 unspecified atom stereocenters. The van der Waals surface area contributed by atoms with E-state index in [2.05, 4.69) is 25.2 Å². The van der Waals surface area contributed by atoms with Gasteiger partial charge < -0.3 is 20.1 Å². The maximum atomic E-state index is 10.7. The van der Waals surface area contributed by atoms with Gasteiger partial charge in [0, 0.05) is 20.1 Å². The Kier molecular flexibility index (Phi) is 11.6. The highest BCUT2D eigenvalue weighted by molar-refractivity contribution is 5.74. The number of aliphatic hydroxyl groups is 2. The molecule has 5 nitrogen and oxygen atoms in total. The minimum Gasteiger partial charge on any atom is -0.477 e. The third-order valence-electron chi connectivity index (χ3n) is 5.57. The van der Waals surface area contributed by atoms with Crippen LogP contribution in [0, 0.1) is 17.8 Å². The molecule has 3 N–H and O–H groups in total. The molecule has 0 amide bonds. The second-order valence-electron chi connectivity index (χ2n) is 7.78. The van der Waals surface area contributed by atoms with E-state index in [1.165, 1.54) is 38.5 Å². The number of carboxylic acid groups (broad SMARTS) is 1. The number of carbonyl (C=O) groups is 1. The zero-order valence-corrected chi connectivity index (χ0v) is 17.0. The summed E-state index contributed by atoms with van der Waals surface area (Å²) in [7, 11) is 1.76. The fourth-order valence-corrected chi connectivity index (χ4v) is 3.92. The molecule has 0 aliphatic heterocycles. The fourth-order valence-electron chi connectivity index (χ4n) is 3.92. The molecule has 1 rings (SSSR count). The zero-order chi connectivity index (χ0) is 20.1. The minimum absolute atomic E-state index is 0.198. The number of allylic oxidation sites excluding steroid dienone is 4. The van der Waals surface area contributed by atoms with Crippen LogP contribution in [0.1, 0.15) is 71.1 Å². The maximum absolute atomic E-state index is 10.7. The van der Waals surface area contributed by atoms with Crippen LogP contribution in [0.2, 0.25) is 0 Å². The average molecular weight is 383 g/mol. The Morgan fingerprint density at radius 3 is 2.48 bits per heavy atom. The smallest absolute Gasteiger partial charge is 0.364 e. The highest BCUT2D eigenvalue weighted by atomic mass is 16.5. The highest BCUT2D eigenvalue weighted by Gasteiger charge is 2.33. The van der Waals surface area contributed by atoms with Crippen LogP contribution in [-0.2, 0) is 9.53 Å². The Morgan fingerprint density at radius 1 is 1.07 bits per heavy atom. The molecule has 0 radical (unpaired) electrons. The predicted molar refractivity (Wildman–Crippen MR) is 107 cm³/mol. The van der Waals surface area contributed by atoms with E-state index in [-0.39, 0.29) is 6.42 Å². The number of ether oxygens (including phenoxy) is 1. The van der Waals surface area contributed by atoms with Crippen LogP contribution in [0.4, 0.5) is 0 Å². The molecule has 1 aliphatic rings. The van der Waals surface area contributed by atoms with Crippen molar-refractivity contribution in [2.75, 3.05) is 13.7 Å². The van der Waals surface area contributed by atoms with Crippen LogP contribution >= 0.6 is 0 Å². The van der Waals surface area contributed by atoms with Crippen molar-refractivity contribution in [1.82, 2.24) is 0 Å². The molecule has 5 heteroatoms. The van der Waals surface area contributed by atoms with Crippen LogP contribution in [0.15, 0.2) is 24.3 Å². The first-order chi connectivity index (χ1) is 12.9. The summed E-state index contributed by atoms with van der Waals surface area (Å²) in [6.45, 7) is 3.02. The van der Waals surface area contributed by atoms with E-state index in [4.69, 9.17) is 9.84 Å². The Labute approximate surface area is 164 Å². The molecule has 0 aromatic carbocycles. The molecule has 0 bridgehead atoms. The molecule has 0 heterocycles. The van der Waals surface area contributed by atoms with Crippen molar-refractivity contribution in [1.29, 1.82) is 0 Å². The van der Waals surface area contributed by atoms with E-state index in [1.807, 2.05) is 6.08 Å². The van der Waals surface area contributed by atoms with E-state index >= 15 is 0 Å². The molecule has 0 spiro atoms. The summed E-state index contributed by atoms with van der Waals surface area (Å²) in [4.78, 5) is 10.7.